The molecule has 0 unspecified atom stereocenters. The standard InChI is InChI=1S/C22H26ClN5O2/c1-2-17-7-8-18(30-17)15-27-13-10-16(11-14-27)28-21(9-12-24-28)26-22(29)25-20-6-4-3-5-19(20)23/h3-9,12,16H,2,10-11,13-15H2,1H3,(H2,25,26,29). The van der Waals surface area contributed by atoms with Gasteiger partial charge in [0.25, 0.3) is 0 Å². The first-order valence-corrected chi connectivity index (χ1v) is 10.7. The fourth-order valence-electron chi connectivity index (χ4n) is 3.78. The SMILES string of the molecule is CCc1ccc(CN2CCC(n3nccc3NC(=O)Nc3ccccc3Cl)CC2)o1. The molecule has 0 spiro atoms. The molecule has 7 nitrogen and oxygen atoms in total. The molecule has 1 saturated heterocycles. The van der Waals surface area contributed by atoms with Gasteiger partial charge >= 0.3 is 6.03 Å². The Kier molecular flexibility index (Phi) is 6.40. The lowest BCUT2D eigenvalue weighted by Crippen LogP contribution is -2.35. The van der Waals surface area contributed by atoms with E-state index in [4.69, 9.17) is 16.0 Å². The van der Waals surface area contributed by atoms with Crippen LogP contribution in [-0.2, 0) is 13.0 Å². The number of carbonyl (C=O) groups excluding carboxylic acids is 1. The van der Waals surface area contributed by atoms with Crippen molar-refractivity contribution >= 4 is 29.1 Å². The van der Waals surface area contributed by atoms with Gasteiger partial charge in [0.2, 0.25) is 0 Å². The third-order valence-corrected chi connectivity index (χ3v) is 5.71. The third kappa shape index (κ3) is 4.86. The van der Waals surface area contributed by atoms with Crippen LogP contribution in [0.5, 0.6) is 0 Å². The Bertz CT molecular complexity index is 991. The Hall–Kier alpha value is -2.77. The van der Waals surface area contributed by atoms with E-state index in [1.165, 1.54) is 0 Å². The van der Waals surface area contributed by atoms with Crippen molar-refractivity contribution in [2.45, 2.75) is 38.8 Å². The van der Waals surface area contributed by atoms with E-state index in [2.05, 4.69) is 39.7 Å². The summed E-state index contributed by atoms with van der Waals surface area (Å²) in [7, 11) is 0. The summed E-state index contributed by atoms with van der Waals surface area (Å²) in [4.78, 5) is 14.8. The van der Waals surface area contributed by atoms with E-state index in [0.717, 1.165) is 50.4 Å². The van der Waals surface area contributed by atoms with Gasteiger partial charge < -0.3 is 9.73 Å². The van der Waals surface area contributed by atoms with Gasteiger partial charge in [-0.15, -0.1) is 0 Å². The maximum absolute atomic E-state index is 12.4. The molecule has 1 aliphatic heterocycles. The molecule has 1 fully saturated rings. The highest BCUT2D eigenvalue weighted by atomic mass is 35.5. The molecule has 2 amide bonds. The van der Waals surface area contributed by atoms with Crippen LogP contribution in [0.1, 0.15) is 37.3 Å². The Morgan fingerprint density at radius 1 is 1.13 bits per heavy atom. The Morgan fingerprint density at radius 3 is 2.63 bits per heavy atom. The molecule has 1 aromatic carbocycles. The van der Waals surface area contributed by atoms with Gasteiger partial charge in [-0.1, -0.05) is 30.7 Å². The van der Waals surface area contributed by atoms with E-state index >= 15 is 0 Å². The van der Waals surface area contributed by atoms with Crippen molar-refractivity contribution < 1.29 is 9.21 Å². The van der Waals surface area contributed by atoms with Gasteiger partial charge in [-0.2, -0.15) is 5.10 Å². The van der Waals surface area contributed by atoms with Gasteiger partial charge in [0, 0.05) is 25.6 Å². The van der Waals surface area contributed by atoms with Crippen molar-refractivity contribution in [2.75, 3.05) is 23.7 Å². The number of amides is 2. The van der Waals surface area contributed by atoms with Crippen LogP contribution in [0.15, 0.2) is 53.1 Å². The zero-order valence-corrected chi connectivity index (χ0v) is 17.7. The number of carbonyl (C=O) groups is 1. The maximum Gasteiger partial charge on any atom is 0.324 e. The second kappa shape index (κ2) is 9.36. The number of nitrogens with zero attached hydrogens (tertiary/aromatic N) is 3. The van der Waals surface area contributed by atoms with Crippen LogP contribution in [0.2, 0.25) is 5.02 Å². The van der Waals surface area contributed by atoms with Gasteiger partial charge in [-0.05, 0) is 37.1 Å². The number of halogens is 1. The quantitative estimate of drug-likeness (QED) is 0.568. The van der Waals surface area contributed by atoms with E-state index < -0.39 is 0 Å². The second-order valence-corrected chi connectivity index (χ2v) is 7.86. The Morgan fingerprint density at radius 2 is 1.90 bits per heavy atom. The van der Waals surface area contributed by atoms with Crippen LogP contribution in [0.4, 0.5) is 16.3 Å². The zero-order chi connectivity index (χ0) is 20.9. The van der Waals surface area contributed by atoms with Crippen molar-refractivity contribution in [1.82, 2.24) is 14.7 Å². The van der Waals surface area contributed by atoms with Crippen molar-refractivity contribution in [3.63, 3.8) is 0 Å². The molecular weight excluding hydrogens is 402 g/mol. The molecule has 8 heteroatoms. The van der Waals surface area contributed by atoms with Gasteiger partial charge in [-0.25, -0.2) is 9.48 Å². The molecule has 3 aromatic rings. The highest BCUT2D eigenvalue weighted by Gasteiger charge is 2.24. The minimum Gasteiger partial charge on any atom is -0.465 e. The summed E-state index contributed by atoms with van der Waals surface area (Å²) < 4.78 is 7.74. The van der Waals surface area contributed by atoms with Crippen LogP contribution < -0.4 is 10.6 Å². The largest absolute Gasteiger partial charge is 0.465 e. The summed E-state index contributed by atoms with van der Waals surface area (Å²) in [5, 5.41) is 10.6. The summed E-state index contributed by atoms with van der Waals surface area (Å²) in [6.45, 7) is 4.84. The molecule has 0 bridgehead atoms. The van der Waals surface area contributed by atoms with Crippen molar-refractivity contribution in [3.05, 3.63) is 65.2 Å². The number of aromatic nitrogens is 2. The molecule has 0 radical (unpaired) electrons. The minimum absolute atomic E-state index is 0.245. The normalized spacial score (nSPS) is 15.3. The van der Waals surface area contributed by atoms with Gasteiger partial charge in [0.15, 0.2) is 0 Å². The molecule has 2 aromatic heterocycles. The van der Waals surface area contributed by atoms with Gasteiger partial charge in [0.05, 0.1) is 29.5 Å². The van der Waals surface area contributed by atoms with E-state index in [1.54, 1.807) is 18.3 Å². The minimum atomic E-state index is -0.341. The number of aryl methyl sites for hydroxylation is 1. The van der Waals surface area contributed by atoms with E-state index in [9.17, 15) is 4.79 Å². The van der Waals surface area contributed by atoms with Gasteiger partial charge in [0.1, 0.15) is 17.3 Å². The lowest BCUT2D eigenvalue weighted by Gasteiger charge is -2.32. The lowest BCUT2D eigenvalue weighted by molar-refractivity contribution is 0.163. The monoisotopic (exact) mass is 427 g/mol. The number of hydrogen-bond donors (Lipinski definition) is 2. The van der Waals surface area contributed by atoms with Crippen LogP contribution in [0, 0.1) is 0 Å². The molecular formula is C22H26ClN5O2. The Balaban J connectivity index is 1.32. The maximum atomic E-state index is 12.4. The van der Waals surface area contributed by atoms with Crippen molar-refractivity contribution in [2.24, 2.45) is 0 Å². The summed E-state index contributed by atoms with van der Waals surface area (Å²) in [6.07, 6.45) is 4.56. The van der Waals surface area contributed by atoms with Crippen LogP contribution >= 0.6 is 11.6 Å². The number of benzene rings is 1. The Labute approximate surface area is 181 Å². The summed E-state index contributed by atoms with van der Waals surface area (Å²) in [5.74, 6) is 2.72. The number of hydrogen-bond acceptors (Lipinski definition) is 4. The number of anilines is 2. The van der Waals surface area contributed by atoms with Crippen molar-refractivity contribution in [3.8, 4) is 0 Å². The predicted molar refractivity (Wildman–Crippen MR) is 118 cm³/mol. The van der Waals surface area contributed by atoms with E-state index in [-0.39, 0.29) is 12.1 Å². The second-order valence-electron chi connectivity index (χ2n) is 7.45. The first kappa shape index (κ1) is 20.5. The topological polar surface area (TPSA) is 75.3 Å². The smallest absolute Gasteiger partial charge is 0.324 e. The number of furan rings is 1. The number of likely N-dealkylation sites (tertiary alicyclic amines) is 1. The molecule has 0 atom stereocenters. The molecule has 2 N–H and O–H groups in total. The van der Waals surface area contributed by atoms with E-state index in [1.807, 2.05) is 22.9 Å². The average molecular weight is 428 g/mol. The van der Waals surface area contributed by atoms with Crippen LogP contribution in [-0.4, -0.2) is 33.8 Å². The number of rotatable bonds is 6. The van der Waals surface area contributed by atoms with E-state index in [0.29, 0.717) is 16.5 Å². The molecule has 0 aliphatic carbocycles. The van der Waals surface area contributed by atoms with Gasteiger partial charge in [-0.3, -0.25) is 10.2 Å². The summed E-state index contributed by atoms with van der Waals surface area (Å²) in [5.41, 5.74) is 0.570. The first-order valence-electron chi connectivity index (χ1n) is 10.3. The lowest BCUT2D eigenvalue weighted by atomic mass is 10.1. The highest BCUT2D eigenvalue weighted by molar-refractivity contribution is 6.33. The summed E-state index contributed by atoms with van der Waals surface area (Å²) in [6, 6.07) is 13.0. The van der Waals surface area contributed by atoms with Crippen molar-refractivity contribution in [1.29, 1.82) is 0 Å². The molecule has 1 aliphatic rings. The molecule has 30 heavy (non-hydrogen) atoms. The molecule has 3 heterocycles. The number of urea groups is 1. The first-order chi connectivity index (χ1) is 14.6. The third-order valence-electron chi connectivity index (χ3n) is 5.38. The number of piperidine rings is 1. The fourth-order valence-corrected chi connectivity index (χ4v) is 3.96. The molecule has 0 saturated carbocycles. The van der Waals surface area contributed by atoms with Crippen LogP contribution in [0.3, 0.4) is 0 Å². The summed E-state index contributed by atoms with van der Waals surface area (Å²) >= 11 is 6.11. The molecule has 4 rings (SSSR count). The number of para-hydroxylation sites is 1. The average Bonchev–Trinajstić information content (AvgIpc) is 3.40. The van der Waals surface area contributed by atoms with Crippen LogP contribution in [0.25, 0.3) is 0 Å². The zero-order valence-electron chi connectivity index (χ0n) is 17.0. The highest BCUT2D eigenvalue weighted by Crippen LogP contribution is 2.27. The fraction of sp³-hybridized carbons (Fsp3) is 0.364. The molecule has 158 valence electrons. The predicted octanol–water partition coefficient (Wildman–Crippen LogP) is 5.17. The number of nitrogens with one attached hydrogen (secondary N) is 2.